The fourth-order valence-electron chi connectivity index (χ4n) is 1.66. The van der Waals surface area contributed by atoms with Crippen molar-refractivity contribution in [2.45, 2.75) is 37.2 Å². The van der Waals surface area contributed by atoms with Gasteiger partial charge >= 0.3 is 5.97 Å². The average molecular weight is 262 g/mol. The molecule has 1 aliphatic rings. The van der Waals surface area contributed by atoms with Crippen molar-refractivity contribution < 1.29 is 14.3 Å². The molecule has 1 aliphatic heterocycles. The number of rotatable bonds is 5. The van der Waals surface area contributed by atoms with Crippen LogP contribution in [0.15, 0.2) is 0 Å². The number of hydrogen-bond acceptors (Lipinski definition) is 5. The Hall–Kier alpha value is -0.160. The summed E-state index contributed by atoms with van der Waals surface area (Å²) in [5.74, 6) is 1.74. The lowest BCUT2D eigenvalue weighted by Gasteiger charge is -2.28. The first-order valence-corrected chi connectivity index (χ1v) is 7.70. The van der Waals surface area contributed by atoms with Crippen LogP contribution < -0.4 is 0 Å². The van der Waals surface area contributed by atoms with E-state index in [0.29, 0.717) is 11.9 Å². The summed E-state index contributed by atoms with van der Waals surface area (Å²) < 4.78 is 4.80. The first-order valence-electron chi connectivity index (χ1n) is 5.60. The van der Waals surface area contributed by atoms with Crippen LogP contribution in [-0.4, -0.2) is 40.4 Å². The number of Topliss-reactive ketones (excluding diaryl/α,β-unsaturated/α-hetero) is 1. The van der Waals surface area contributed by atoms with Crippen LogP contribution >= 0.6 is 23.5 Å². The highest BCUT2D eigenvalue weighted by Gasteiger charge is 2.31. The van der Waals surface area contributed by atoms with Crippen molar-refractivity contribution in [1.29, 1.82) is 0 Å². The van der Waals surface area contributed by atoms with Crippen LogP contribution in [-0.2, 0) is 14.3 Å². The van der Waals surface area contributed by atoms with Crippen molar-refractivity contribution in [2.75, 3.05) is 18.1 Å². The maximum Gasteiger partial charge on any atom is 0.313 e. The Bertz CT molecular complexity index is 256. The topological polar surface area (TPSA) is 43.4 Å². The molecule has 0 spiro atoms. The lowest BCUT2D eigenvalue weighted by Crippen LogP contribution is -2.34. The third-order valence-electron chi connectivity index (χ3n) is 2.39. The molecule has 5 heteroatoms. The molecule has 1 heterocycles. The van der Waals surface area contributed by atoms with Gasteiger partial charge in [-0.3, -0.25) is 9.59 Å². The summed E-state index contributed by atoms with van der Waals surface area (Å²) in [6.45, 7) is 4.19. The van der Waals surface area contributed by atoms with Crippen LogP contribution in [0.4, 0.5) is 0 Å². The number of hydrogen-bond donors (Lipinski definition) is 0. The fourth-order valence-corrected chi connectivity index (χ4v) is 4.69. The zero-order valence-corrected chi connectivity index (χ0v) is 11.4. The van der Waals surface area contributed by atoms with Gasteiger partial charge in [0.15, 0.2) is 5.78 Å². The van der Waals surface area contributed by atoms with E-state index >= 15 is 0 Å². The third-order valence-corrected chi connectivity index (χ3v) is 5.69. The highest BCUT2D eigenvalue weighted by atomic mass is 32.2. The molecule has 1 fully saturated rings. The monoisotopic (exact) mass is 262 g/mol. The second kappa shape index (κ2) is 7.22. The van der Waals surface area contributed by atoms with Crippen LogP contribution in [0.3, 0.4) is 0 Å². The van der Waals surface area contributed by atoms with E-state index in [1.54, 1.807) is 18.7 Å². The van der Waals surface area contributed by atoms with Gasteiger partial charge in [0, 0.05) is 16.8 Å². The van der Waals surface area contributed by atoms with E-state index in [1.165, 1.54) is 0 Å². The van der Waals surface area contributed by atoms with Gasteiger partial charge in [0.05, 0.1) is 11.9 Å². The molecule has 0 aliphatic carbocycles. The minimum Gasteiger partial charge on any atom is -0.466 e. The fraction of sp³-hybridized carbons (Fsp3) is 0.818. The zero-order valence-electron chi connectivity index (χ0n) is 9.73. The highest BCUT2D eigenvalue weighted by molar-refractivity contribution is 8.07. The molecule has 2 atom stereocenters. The standard InChI is InChI=1S/C11H18O3S2/c1-3-9-11(16-6-5-15-9)8(12)7-10(13)14-4-2/h9,11H,3-7H2,1-2H3. The number of carbonyl (C=O) groups excluding carboxylic acids is 2. The number of ether oxygens (including phenoxy) is 1. The van der Waals surface area contributed by atoms with E-state index in [0.717, 1.165) is 17.9 Å². The Morgan fingerprint density at radius 2 is 1.94 bits per heavy atom. The SMILES string of the molecule is CCOC(=O)CC(=O)C1SCCSC1CC. The molecule has 92 valence electrons. The van der Waals surface area contributed by atoms with Crippen molar-refractivity contribution in [3.8, 4) is 0 Å². The van der Waals surface area contributed by atoms with Crippen molar-refractivity contribution in [1.82, 2.24) is 0 Å². The number of ketones is 1. The van der Waals surface area contributed by atoms with Gasteiger partial charge in [-0.05, 0) is 13.3 Å². The number of carbonyl (C=O) groups is 2. The third kappa shape index (κ3) is 4.01. The summed E-state index contributed by atoms with van der Waals surface area (Å²) in [5.41, 5.74) is 0. The normalized spacial score (nSPS) is 25.1. The maximum atomic E-state index is 11.9. The molecule has 0 bridgehead atoms. The largest absolute Gasteiger partial charge is 0.466 e. The Balaban J connectivity index is 2.47. The molecule has 1 saturated heterocycles. The zero-order chi connectivity index (χ0) is 12.0. The van der Waals surface area contributed by atoms with E-state index in [-0.39, 0.29) is 17.5 Å². The highest BCUT2D eigenvalue weighted by Crippen LogP contribution is 2.34. The van der Waals surface area contributed by atoms with Gasteiger partial charge in [-0.1, -0.05) is 6.92 Å². The smallest absolute Gasteiger partial charge is 0.313 e. The first-order chi connectivity index (χ1) is 7.69. The molecule has 2 unspecified atom stereocenters. The Kier molecular flexibility index (Phi) is 6.28. The first kappa shape index (κ1) is 13.9. The van der Waals surface area contributed by atoms with Crippen molar-refractivity contribution in [3.05, 3.63) is 0 Å². The van der Waals surface area contributed by atoms with Crippen LogP contribution in [0.25, 0.3) is 0 Å². The van der Waals surface area contributed by atoms with Crippen molar-refractivity contribution in [2.24, 2.45) is 0 Å². The quantitative estimate of drug-likeness (QED) is 0.561. The van der Waals surface area contributed by atoms with Crippen LogP contribution in [0.2, 0.25) is 0 Å². The molecular formula is C11H18O3S2. The lowest BCUT2D eigenvalue weighted by atomic mass is 10.1. The molecule has 0 N–H and O–H groups in total. The van der Waals surface area contributed by atoms with E-state index in [4.69, 9.17) is 4.74 Å². The van der Waals surface area contributed by atoms with Gasteiger partial charge in [0.25, 0.3) is 0 Å². The van der Waals surface area contributed by atoms with Gasteiger partial charge in [0.2, 0.25) is 0 Å². The molecule has 3 nitrogen and oxygen atoms in total. The Morgan fingerprint density at radius 1 is 1.25 bits per heavy atom. The summed E-state index contributed by atoms with van der Waals surface area (Å²) in [5, 5.41) is 0.342. The van der Waals surface area contributed by atoms with Gasteiger partial charge < -0.3 is 4.74 Å². The molecule has 0 aromatic carbocycles. The van der Waals surface area contributed by atoms with Gasteiger partial charge in [-0.15, -0.1) is 11.8 Å². The second-order valence-corrected chi connectivity index (χ2v) is 6.15. The van der Waals surface area contributed by atoms with E-state index < -0.39 is 5.97 Å². The number of esters is 1. The summed E-state index contributed by atoms with van der Waals surface area (Å²) in [4.78, 5) is 23.1. The minimum absolute atomic E-state index is 0.0202. The van der Waals surface area contributed by atoms with Crippen LogP contribution in [0.1, 0.15) is 26.7 Å². The molecule has 16 heavy (non-hydrogen) atoms. The Morgan fingerprint density at radius 3 is 2.56 bits per heavy atom. The molecular weight excluding hydrogens is 244 g/mol. The minimum atomic E-state index is -0.390. The summed E-state index contributed by atoms with van der Waals surface area (Å²) >= 11 is 3.53. The summed E-state index contributed by atoms with van der Waals surface area (Å²) in [6.07, 6.45) is 0.916. The average Bonchev–Trinajstić information content (AvgIpc) is 2.29. The number of thioether (sulfide) groups is 2. The van der Waals surface area contributed by atoms with Crippen molar-refractivity contribution in [3.63, 3.8) is 0 Å². The molecule has 0 aromatic heterocycles. The van der Waals surface area contributed by atoms with Crippen molar-refractivity contribution >= 4 is 35.3 Å². The van der Waals surface area contributed by atoms with E-state index in [1.807, 2.05) is 11.8 Å². The molecule has 0 amide bonds. The van der Waals surface area contributed by atoms with Gasteiger partial charge in [0.1, 0.15) is 6.42 Å². The molecule has 0 aromatic rings. The lowest BCUT2D eigenvalue weighted by molar-refractivity contribution is -0.145. The van der Waals surface area contributed by atoms with Gasteiger partial charge in [-0.25, -0.2) is 0 Å². The second-order valence-electron chi connectivity index (χ2n) is 3.56. The molecule has 0 saturated carbocycles. The predicted molar refractivity (Wildman–Crippen MR) is 69.0 cm³/mol. The molecule has 0 radical (unpaired) electrons. The summed E-state index contributed by atoms with van der Waals surface area (Å²) in [6, 6.07) is 0. The van der Waals surface area contributed by atoms with Crippen LogP contribution in [0, 0.1) is 0 Å². The van der Waals surface area contributed by atoms with Gasteiger partial charge in [-0.2, -0.15) is 11.8 Å². The molecule has 1 rings (SSSR count). The Labute approximate surface area is 105 Å². The van der Waals surface area contributed by atoms with Crippen LogP contribution in [0.5, 0.6) is 0 Å². The van der Waals surface area contributed by atoms with E-state index in [2.05, 4.69) is 6.92 Å². The van der Waals surface area contributed by atoms with E-state index in [9.17, 15) is 9.59 Å². The predicted octanol–water partition coefficient (Wildman–Crippen LogP) is 2.14. The summed E-state index contributed by atoms with van der Waals surface area (Å²) in [7, 11) is 0. The maximum absolute atomic E-state index is 11.9.